The molecule has 4 aromatic rings. The molecule has 8 heteroatoms. The maximum absolute atomic E-state index is 12.0. The summed E-state index contributed by atoms with van der Waals surface area (Å²) in [5.74, 6) is -0.624. The van der Waals surface area contributed by atoms with Crippen LogP contribution < -0.4 is 5.32 Å². The van der Waals surface area contributed by atoms with E-state index in [1.165, 1.54) is 7.11 Å². The van der Waals surface area contributed by atoms with E-state index in [1.54, 1.807) is 47.4 Å². The molecule has 0 aliphatic carbocycles. The molecule has 0 spiro atoms. The fraction of sp³-hybridized carbons (Fsp3) is 0.148. The van der Waals surface area contributed by atoms with Crippen molar-refractivity contribution in [3.63, 3.8) is 0 Å². The average Bonchev–Trinajstić information content (AvgIpc) is 3.17. The standard InChI is InChI=1S/C27H26N4O4/c1-31(2)16-23(32)28-19-10-12-20(13-11-19)29-25(17-7-5-4-6-8-17)24-21-14-9-18(27(34)35-3)15-22(21)30-26(24)33/h4-15,30,33H,16H2,1-3H3,(H,28,32). The first kappa shape index (κ1) is 23.7. The lowest BCUT2D eigenvalue weighted by Crippen LogP contribution is -2.26. The van der Waals surface area contributed by atoms with E-state index >= 15 is 0 Å². The van der Waals surface area contributed by atoms with E-state index in [1.807, 2.05) is 44.4 Å². The summed E-state index contributed by atoms with van der Waals surface area (Å²) in [6.45, 7) is 0.287. The first-order valence-electron chi connectivity index (χ1n) is 11.0. The highest BCUT2D eigenvalue weighted by molar-refractivity contribution is 6.22. The Labute approximate surface area is 202 Å². The smallest absolute Gasteiger partial charge is 0.337 e. The largest absolute Gasteiger partial charge is 0.494 e. The van der Waals surface area contributed by atoms with E-state index in [0.29, 0.717) is 39.1 Å². The van der Waals surface area contributed by atoms with Gasteiger partial charge in [-0.2, -0.15) is 0 Å². The third-order valence-electron chi connectivity index (χ3n) is 5.34. The van der Waals surface area contributed by atoms with E-state index in [0.717, 1.165) is 5.56 Å². The summed E-state index contributed by atoms with van der Waals surface area (Å²) in [6, 6.07) is 21.7. The molecule has 1 aromatic heterocycles. The van der Waals surface area contributed by atoms with Crippen molar-refractivity contribution < 1.29 is 19.4 Å². The van der Waals surface area contributed by atoms with E-state index in [-0.39, 0.29) is 18.3 Å². The van der Waals surface area contributed by atoms with Gasteiger partial charge in [-0.25, -0.2) is 9.79 Å². The number of amides is 1. The van der Waals surface area contributed by atoms with Crippen LogP contribution in [0.1, 0.15) is 21.5 Å². The van der Waals surface area contributed by atoms with Gasteiger partial charge in [0.15, 0.2) is 5.88 Å². The summed E-state index contributed by atoms with van der Waals surface area (Å²) < 4.78 is 4.80. The van der Waals surface area contributed by atoms with Crippen LogP contribution in [0.25, 0.3) is 10.9 Å². The molecular formula is C27H26N4O4. The lowest BCUT2D eigenvalue weighted by atomic mass is 10.00. The van der Waals surface area contributed by atoms with Gasteiger partial charge in [0.2, 0.25) is 5.91 Å². The minimum absolute atomic E-state index is 0.0582. The number of hydrogen-bond donors (Lipinski definition) is 3. The van der Waals surface area contributed by atoms with Gasteiger partial charge in [0.25, 0.3) is 0 Å². The normalized spacial score (nSPS) is 11.6. The molecule has 8 nitrogen and oxygen atoms in total. The first-order chi connectivity index (χ1) is 16.9. The van der Waals surface area contributed by atoms with Crippen molar-refractivity contribution in [2.45, 2.75) is 0 Å². The number of aliphatic imine (C=N–C) groups is 1. The average molecular weight is 471 g/mol. The molecule has 3 N–H and O–H groups in total. The summed E-state index contributed by atoms with van der Waals surface area (Å²) in [5, 5.41) is 14.4. The van der Waals surface area contributed by atoms with Crippen LogP contribution in [-0.2, 0) is 9.53 Å². The number of carbonyl (C=O) groups excluding carboxylic acids is 2. The third kappa shape index (κ3) is 5.39. The highest BCUT2D eigenvalue weighted by Gasteiger charge is 2.20. The Balaban J connectivity index is 1.76. The van der Waals surface area contributed by atoms with Gasteiger partial charge in [0.1, 0.15) is 0 Å². The minimum atomic E-state index is -0.461. The number of nitrogens with zero attached hydrogens (tertiary/aromatic N) is 2. The van der Waals surface area contributed by atoms with Crippen LogP contribution in [0.4, 0.5) is 11.4 Å². The number of esters is 1. The molecule has 0 bridgehead atoms. The molecule has 0 fully saturated rings. The Morgan fingerprint density at radius 3 is 2.37 bits per heavy atom. The fourth-order valence-corrected chi connectivity index (χ4v) is 3.76. The third-order valence-corrected chi connectivity index (χ3v) is 5.34. The van der Waals surface area contributed by atoms with Crippen molar-refractivity contribution >= 4 is 39.9 Å². The molecular weight excluding hydrogens is 444 g/mol. The maximum atomic E-state index is 12.0. The van der Waals surface area contributed by atoms with Crippen molar-refractivity contribution in [2.24, 2.45) is 4.99 Å². The van der Waals surface area contributed by atoms with E-state index < -0.39 is 5.97 Å². The van der Waals surface area contributed by atoms with Gasteiger partial charge < -0.3 is 25.0 Å². The number of H-pyrrole nitrogens is 1. The number of benzene rings is 3. The molecule has 0 saturated heterocycles. The Morgan fingerprint density at radius 2 is 1.71 bits per heavy atom. The molecule has 35 heavy (non-hydrogen) atoms. The fourth-order valence-electron chi connectivity index (χ4n) is 3.76. The summed E-state index contributed by atoms with van der Waals surface area (Å²) in [5.41, 5.74) is 4.16. The van der Waals surface area contributed by atoms with Crippen LogP contribution >= 0.6 is 0 Å². The number of ether oxygens (including phenoxy) is 1. The van der Waals surface area contributed by atoms with Gasteiger partial charge in [0, 0.05) is 22.2 Å². The molecule has 3 aromatic carbocycles. The highest BCUT2D eigenvalue weighted by atomic mass is 16.5. The van der Waals surface area contributed by atoms with Gasteiger partial charge >= 0.3 is 5.97 Å². The predicted molar refractivity (Wildman–Crippen MR) is 137 cm³/mol. The highest BCUT2D eigenvalue weighted by Crippen LogP contribution is 2.32. The maximum Gasteiger partial charge on any atom is 0.337 e. The Morgan fingerprint density at radius 1 is 1.00 bits per heavy atom. The molecule has 4 rings (SSSR count). The second-order valence-corrected chi connectivity index (χ2v) is 8.26. The second-order valence-electron chi connectivity index (χ2n) is 8.26. The minimum Gasteiger partial charge on any atom is -0.494 e. The first-order valence-corrected chi connectivity index (χ1v) is 11.0. The summed E-state index contributed by atoms with van der Waals surface area (Å²) in [7, 11) is 4.99. The zero-order valence-electron chi connectivity index (χ0n) is 19.7. The quantitative estimate of drug-likeness (QED) is 0.275. The number of hydrogen-bond acceptors (Lipinski definition) is 6. The number of likely N-dealkylation sites (N-methyl/N-ethyl adjacent to an activating group) is 1. The number of anilines is 1. The van der Waals surface area contributed by atoms with Gasteiger partial charge in [0.05, 0.1) is 36.2 Å². The predicted octanol–water partition coefficient (Wildman–Crippen LogP) is 4.33. The monoisotopic (exact) mass is 470 g/mol. The number of carbonyl (C=O) groups is 2. The number of nitrogens with one attached hydrogen (secondary N) is 2. The molecule has 1 amide bonds. The summed E-state index contributed by atoms with van der Waals surface area (Å²) in [4.78, 5) is 33.6. The number of aromatic amines is 1. The molecule has 0 aliphatic rings. The molecule has 0 aliphatic heterocycles. The molecule has 0 atom stereocenters. The SMILES string of the molecule is COC(=O)c1ccc2c(C(=Nc3ccc(NC(=O)CN(C)C)cc3)c3ccccc3)c(O)[nH]c2c1. The van der Waals surface area contributed by atoms with E-state index in [4.69, 9.17) is 9.73 Å². The second kappa shape index (κ2) is 10.2. The summed E-state index contributed by atoms with van der Waals surface area (Å²) in [6.07, 6.45) is 0. The zero-order valence-corrected chi connectivity index (χ0v) is 19.7. The lowest BCUT2D eigenvalue weighted by molar-refractivity contribution is -0.116. The van der Waals surface area contributed by atoms with Gasteiger partial charge in [-0.3, -0.25) is 4.79 Å². The number of rotatable bonds is 7. The molecule has 0 unspecified atom stereocenters. The van der Waals surface area contributed by atoms with Crippen LogP contribution in [0.5, 0.6) is 5.88 Å². The Hall–Kier alpha value is -4.43. The molecule has 0 radical (unpaired) electrons. The Kier molecular flexibility index (Phi) is 6.93. The van der Waals surface area contributed by atoms with Crippen molar-refractivity contribution in [3.8, 4) is 5.88 Å². The number of aromatic nitrogens is 1. The van der Waals surface area contributed by atoms with Crippen molar-refractivity contribution in [1.82, 2.24) is 9.88 Å². The van der Waals surface area contributed by atoms with Crippen LogP contribution in [0.15, 0.2) is 77.8 Å². The van der Waals surface area contributed by atoms with Crippen LogP contribution in [-0.4, -0.2) is 60.3 Å². The zero-order chi connectivity index (χ0) is 24.9. The Bertz CT molecular complexity index is 1390. The van der Waals surface area contributed by atoms with Crippen molar-refractivity contribution in [3.05, 3.63) is 89.5 Å². The van der Waals surface area contributed by atoms with Crippen LogP contribution in [0.2, 0.25) is 0 Å². The van der Waals surface area contributed by atoms with Gasteiger partial charge in [-0.15, -0.1) is 0 Å². The molecule has 0 saturated carbocycles. The topological polar surface area (TPSA) is 107 Å². The number of methoxy groups -OCH3 is 1. The van der Waals surface area contributed by atoms with Crippen molar-refractivity contribution in [2.75, 3.05) is 33.1 Å². The van der Waals surface area contributed by atoms with Crippen LogP contribution in [0.3, 0.4) is 0 Å². The number of aromatic hydroxyl groups is 1. The summed E-state index contributed by atoms with van der Waals surface area (Å²) >= 11 is 0. The van der Waals surface area contributed by atoms with Crippen molar-refractivity contribution in [1.29, 1.82) is 0 Å². The van der Waals surface area contributed by atoms with E-state index in [9.17, 15) is 14.7 Å². The van der Waals surface area contributed by atoms with Crippen LogP contribution in [0, 0.1) is 0 Å². The molecule has 178 valence electrons. The molecule has 1 heterocycles. The van der Waals surface area contributed by atoms with Gasteiger partial charge in [-0.05, 0) is 50.5 Å². The lowest BCUT2D eigenvalue weighted by Gasteiger charge is -2.11. The number of fused-ring (bicyclic) bond motifs is 1. The van der Waals surface area contributed by atoms with Gasteiger partial charge in [-0.1, -0.05) is 36.4 Å². The van der Waals surface area contributed by atoms with E-state index in [2.05, 4.69) is 10.3 Å².